The molecule has 1 N–H and O–H groups in total. The number of carbonyl (C=O) groups excluding carboxylic acids is 1. The van der Waals surface area contributed by atoms with E-state index >= 15 is 0 Å². The molecule has 1 amide bonds. The molecule has 1 aliphatic rings. The minimum Gasteiger partial charge on any atom is -0.335 e. The Kier molecular flexibility index (Phi) is 4.89. The molecule has 0 unspecified atom stereocenters. The Labute approximate surface area is 165 Å². The first kappa shape index (κ1) is 19.2. The Morgan fingerprint density at radius 1 is 0.966 bits per heavy atom. The average molecular weight is 416 g/mol. The lowest BCUT2D eigenvalue weighted by Crippen LogP contribution is -2.50. The van der Waals surface area contributed by atoms with E-state index in [1.807, 2.05) is 0 Å². The summed E-state index contributed by atoms with van der Waals surface area (Å²) in [6, 6.07) is 11.8. The van der Waals surface area contributed by atoms with Crippen molar-refractivity contribution in [1.82, 2.24) is 19.4 Å². The number of nitrogens with zero attached hydrogens (tertiary/aromatic N) is 3. The van der Waals surface area contributed by atoms with E-state index in [1.165, 1.54) is 23.1 Å². The Balaban J connectivity index is 1.55. The number of rotatable bonds is 3. The zero-order valence-corrected chi connectivity index (χ0v) is 16.0. The van der Waals surface area contributed by atoms with Crippen molar-refractivity contribution in [3.05, 3.63) is 70.4 Å². The van der Waals surface area contributed by atoms with Gasteiger partial charge in [0.15, 0.2) is 5.69 Å². The van der Waals surface area contributed by atoms with Gasteiger partial charge in [-0.05, 0) is 18.2 Å². The molecule has 0 bridgehead atoms. The van der Waals surface area contributed by atoms with E-state index in [4.69, 9.17) is 0 Å². The van der Waals surface area contributed by atoms with E-state index < -0.39 is 27.3 Å². The highest BCUT2D eigenvalue weighted by Gasteiger charge is 2.32. The van der Waals surface area contributed by atoms with Crippen molar-refractivity contribution < 1.29 is 17.6 Å². The van der Waals surface area contributed by atoms with Crippen LogP contribution in [0.1, 0.15) is 10.5 Å². The van der Waals surface area contributed by atoms with Gasteiger partial charge in [0.05, 0.1) is 5.39 Å². The molecule has 0 atom stereocenters. The minimum absolute atomic E-state index is 0.0314. The van der Waals surface area contributed by atoms with Crippen LogP contribution < -0.4 is 5.56 Å². The summed E-state index contributed by atoms with van der Waals surface area (Å²) in [5.74, 6) is -1.21. The smallest absolute Gasteiger partial charge is 0.275 e. The molecule has 1 aliphatic heterocycles. The number of hydrogen-bond donors (Lipinski definition) is 1. The number of benzene rings is 2. The quantitative estimate of drug-likeness (QED) is 0.691. The number of sulfonamides is 1. The van der Waals surface area contributed by atoms with E-state index in [0.29, 0.717) is 10.8 Å². The number of fused-ring (bicyclic) bond motifs is 1. The van der Waals surface area contributed by atoms with Crippen molar-refractivity contribution in [2.45, 2.75) is 4.90 Å². The van der Waals surface area contributed by atoms with Crippen LogP contribution in [0.2, 0.25) is 0 Å². The molecule has 29 heavy (non-hydrogen) atoms. The van der Waals surface area contributed by atoms with Crippen molar-refractivity contribution in [3.63, 3.8) is 0 Å². The highest BCUT2D eigenvalue weighted by molar-refractivity contribution is 7.89. The number of piperazine rings is 1. The van der Waals surface area contributed by atoms with Gasteiger partial charge >= 0.3 is 0 Å². The van der Waals surface area contributed by atoms with Crippen molar-refractivity contribution >= 4 is 26.7 Å². The normalized spacial score (nSPS) is 15.6. The maximum absolute atomic E-state index is 13.9. The molecule has 0 spiro atoms. The summed E-state index contributed by atoms with van der Waals surface area (Å²) in [7, 11) is -3.99. The molecular formula is C19H17FN4O4S. The first-order valence-electron chi connectivity index (χ1n) is 8.91. The van der Waals surface area contributed by atoms with Crippen LogP contribution in [-0.2, 0) is 10.0 Å². The Morgan fingerprint density at radius 3 is 2.28 bits per heavy atom. The largest absolute Gasteiger partial charge is 0.335 e. The summed E-state index contributed by atoms with van der Waals surface area (Å²) in [5.41, 5.74) is -0.288. The number of carbonyl (C=O) groups is 1. The summed E-state index contributed by atoms with van der Waals surface area (Å²) in [6.45, 7) is 0.316. The summed E-state index contributed by atoms with van der Waals surface area (Å²) in [6.07, 6.45) is 0. The Bertz CT molecular complexity index is 1250. The number of aromatic amines is 1. The van der Waals surface area contributed by atoms with Crippen LogP contribution in [0, 0.1) is 5.82 Å². The SMILES string of the molecule is O=C(c1n[nH]c(=O)c2ccccc12)N1CCN(S(=O)(=O)c2ccccc2F)CC1. The van der Waals surface area contributed by atoms with Crippen LogP contribution in [0.15, 0.2) is 58.2 Å². The van der Waals surface area contributed by atoms with Gasteiger partial charge in [-0.2, -0.15) is 9.40 Å². The topological polar surface area (TPSA) is 103 Å². The van der Waals surface area contributed by atoms with Gasteiger partial charge < -0.3 is 4.90 Å². The zero-order chi connectivity index (χ0) is 20.6. The maximum Gasteiger partial charge on any atom is 0.275 e. The maximum atomic E-state index is 13.9. The second kappa shape index (κ2) is 7.37. The second-order valence-corrected chi connectivity index (χ2v) is 8.48. The predicted octanol–water partition coefficient (Wildman–Crippen LogP) is 1.21. The molecule has 3 aromatic rings. The summed E-state index contributed by atoms with van der Waals surface area (Å²) in [5, 5.41) is 7.01. The van der Waals surface area contributed by atoms with Crippen LogP contribution >= 0.6 is 0 Å². The number of H-pyrrole nitrogens is 1. The first-order chi connectivity index (χ1) is 13.9. The van der Waals surface area contributed by atoms with E-state index in [1.54, 1.807) is 24.3 Å². The second-order valence-electron chi connectivity index (χ2n) is 6.57. The third-order valence-electron chi connectivity index (χ3n) is 4.88. The molecule has 0 radical (unpaired) electrons. The number of hydrogen-bond acceptors (Lipinski definition) is 5. The molecule has 0 aliphatic carbocycles. The Morgan fingerprint density at radius 2 is 1.59 bits per heavy atom. The number of aromatic nitrogens is 2. The fourth-order valence-corrected chi connectivity index (χ4v) is 4.84. The molecule has 2 aromatic carbocycles. The number of halogens is 1. The van der Waals surface area contributed by atoms with Crippen molar-refractivity contribution in [2.75, 3.05) is 26.2 Å². The van der Waals surface area contributed by atoms with Crippen LogP contribution in [0.25, 0.3) is 10.8 Å². The Hall–Kier alpha value is -3.11. The average Bonchev–Trinajstić information content (AvgIpc) is 2.74. The molecule has 4 rings (SSSR count). The first-order valence-corrected chi connectivity index (χ1v) is 10.3. The van der Waals surface area contributed by atoms with Crippen LogP contribution in [0.5, 0.6) is 0 Å². The van der Waals surface area contributed by atoms with Gasteiger partial charge in [0, 0.05) is 31.6 Å². The predicted molar refractivity (Wildman–Crippen MR) is 103 cm³/mol. The lowest BCUT2D eigenvalue weighted by molar-refractivity contribution is 0.0693. The van der Waals surface area contributed by atoms with E-state index in [2.05, 4.69) is 10.2 Å². The minimum atomic E-state index is -3.99. The molecule has 8 nitrogen and oxygen atoms in total. The summed E-state index contributed by atoms with van der Waals surface area (Å²) < 4.78 is 40.5. The molecule has 150 valence electrons. The molecule has 1 saturated heterocycles. The van der Waals surface area contributed by atoms with Gasteiger partial charge in [-0.1, -0.05) is 30.3 Å². The van der Waals surface area contributed by atoms with Crippen molar-refractivity contribution in [3.8, 4) is 0 Å². The monoisotopic (exact) mass is 416 g/mol. The standard InChI is InChI=1S/C19H17FN4O4S/c20-15-7-3-4-8-16(15)29(27,28)24-11-9-23(10-12-24)19(26)17-13-5-1-2-6-14(13)18(25)22-21-17/h1-8H,9-12H2,(H,22,25). The molecule has 10 heteroatoms. The van der Waals surface area contributed by atoms with Crippen LogP contribution in [0.3, 0.4) is 0 Å². The highest BCUT2D eigenvalue weighted by Crippen LogP contribution is 2.21. The number of amides is 1. The third kappa shape index (κ3) is 3.40. The molecule has 1 fully saturated rings. The summed E-state index contributed by atoms with van der Waals surface area (Å²) in [4.78, 5) is 25.9. The van der Waals surface area contributed by atoms with E-state index in [0.717, 1.165) is 10.4 Å². The lowest BCUT2D eigenvalue weighted by atomic mass is 10.1. The van der Waals surface area contributed by atoms with Gasteiger partial charge in [0.25, 0.3) is 11.5 Å². The molecule has 1 aromatic heterocycles. The van der Waals surface area contributed by atoms with E-state index in [9.17, 15) is 22.4 Å². The van der Waals surface area contributed by atoms with Gasteiger partial charge in [-0.25, -0.2) is 17.9 Å². The fourth-order valence-electron chi connectivity index (χ4n) is 3.35. The third-order valence-corrected chi connectivity index (χ3v) is 6.81. The lowest BCUT2D eigenvalue weighted by Gasteiger charge is -2.33. The van der Waals surface area contributed by atoms with Gasteiger partial charge in [0.2, 0.25) is 10.0 Å². The summed E-state index contributed by atoms with van der Waals surface area (Å²) >= 11 is 0. The molecule has 0 saturated carbocycles. The zero-order valence-electron chi connectivity index (χ0n) is 15.2. The van der Waals surface area contributed by atoms with Gasteiger partial charge in [0.1, 0.15) is 10.7 Å². The fraction of sp³-hybridized carbons (Fsp3) is 0.211. The number of nitrogens with one attached hydrogen (secondary N) is 1. The van der Waals surface area contributed by atoms with Crippen LogP contribution in [-0.4, -0.2) is 59.9 Å². The molecule has 2 heterocycles. The van der Waals surface area contributed by atoms with E-state index in [-0.39, 0.29) is 36.8 Å². The molecular weight excluding hydrogens is 399 g/mol. The van der Waals surface area contributed by atoms with Crippen LogP contribution in [0.4, 0.5) is 4.39 Å². The van der Waals surface area contributed by atoms with Gasteiger partial charge in [-0.15, -0.1) is 0 Å². The van der Waals surface area contributed by atoms with Crippen molar-refractivity contribution in [1.29, 1.82) is 0 Å². The van der Waals surface area contributed by atoms with Gasteiger partial charge in [-0.3, -0.25) is 9.59 Å². The highest BCUT2D eigenvalue weighted by atomic mass is 32.2. The van der Waals surface area contributed by atoms with Crippen molar-refractivity contribution in [2.24, 2.45) is 0 Å².